The number of nitrogens with zero attached hydrogens (tertiary/aromatic N) is 1. The van der Waals surface area contributed by atoms with Crippen LogP contribution in [0.3, 0.4) is 0 Å². The van der Waals surface area contributed by atoms with Gasteiger partial charge in [0.1, 0.15) is 0 Å². The molecule has 5 heteroatoms. The summed E-state index contributed by atoms with van der Waals surface area (Å²) in [5.74, 6) is 6.24. The molecule has 156 valence electrons. The molecule has 1 saturated heterocycles. The largest absolute Gasteiger partial charge is 0.469 e. The summed E-state index contributed by atoms with van der Waals surface area (Å²) >= 11 is 0. The van der Waals surface area contributed by atoms with E-state index in [4.69, 9.17) is 0 Å². The molecule has 0 aromatic rings. The van der Waals surface area contributed by atoms with E-state index < -0.39 is 6.10 Å². The monoisotopic (exact) mass is 389 g/mol. The number of amides is 1. The number of ether oxygens (including phenoxy) is 1. The molecule has 1 aliphatic heterocycles. The van der Waals surface area contributed by atoms with Crippen LogP contribution in [0, 0.1) is 17.8 Å². The Morgan fingerprint density at radius 1 is 1.39 bits per heavy atom. The number of hydrogen-bond acceptors (Lipinski definition) is 4. The fraction of sp³-hybridized carbons (Fsp3) is 0.652. The first-order valence-electron chi connectivity index (χ1n) is 10.3. The molecule has 1 amide bonds. The van der Waals surface area contributed by atoms with E-state index in [-0.39, 0.29) is 23.8 Å². The molecular formula is C23H35NO4. The van der Waals surface area contributed by atoms with Gasteiger partial charge in [0.15, 0.2) is 0 Å². The molecule has 28 heavy (non-hydrogen) atoms. The zero-order valence-electron chi connectivity index (χ0n) is 17.5. The molecule has 0 aromatic heterocycles. The lowest BCUT2D eigenvalue weighted by molar-refractivity contribution is -0.140. The highest BCUT2D eigenvalue weighted by atomic mass is 16.5. The number of carbonyl (C=O) groups excluding carboxylic acids is 2. The third kappa shape index (κ3) is 9.23. The predicted octanol–water partition coefficient (Wildman–Crippen LogP) is 3.62. The molecule has 2 unspecified atom stereocenters. The highest BCUT2D eigenvalue weighted by Gasteiger charge is 2.28. The maximum atomic E-state index is 12.1. The number of carbonyl (C=O) groups is 2. The Morgan fingerprint density at radius 3 is 2.89 bits per heavy atom. The lowest BCUT2D eigenvalue weighted by Crippen LogP contribution is -2.32. The molecule has 0 bridgehead atoms. The van der Waals surface area contributed by atoms with E-state index in [1.807, 2.05) is 36.1 Å². The van der Waals surface area contributed by atoms with Crippen molar-refractivity contribution in [1.29, 1.82) is 0 Å². The summed E-state index contributed by atoms with van der Waals surface area (Å²) in [7, 11) is 1.39. The summed E-state index contributed by atoms with van der Waals surface area (Å²) in [5, 5.41) is 10.3. The van der Waals surface area contributed by atoms with Crippen LogP contribution in [0.5, 0.6) is 0 Å². The third-order valence-electron chi connectivity index (χ3n) is 4.86. The molecule has 0 aliphatic carbocycles. The van der Waals surface area contributed by atoms with E-state index >= 15 is 0 Å². The second-order valence-corrected chi connectivity index (χ2v) is 7.25. The van der Waals surface area contributed by atoms with Gasteiger partial charge in [-0.3, -0.25) is 9.59 Å². The van der Waals surface area contributed by atoms with Crippen molar-refractivity contribution < 1.29 is 19.4 Å². The average Bonchev–Trinajstić information content (AvgIpc) is 3.05. The molecule has 1 fully saturated rings. The fourth-order valence-electron chi connectivity index (χ4n) is 2.96. The lowest BCUT2D eigenvalue weighted by Gasteiger charge is -2.21. The van der Waals surface area contributed by atoms with Gasteiger partial charge in [-0.1, -0.05) is 38.2 Å². The quantitative estimate of drug-likeness (QED) is 0.254. The summed E-state index contributed by atoms with van der Waals surface area (Å²) in [6, 6.07) is 0.0280. The fourth-order valence-corrected chi connectivity index (χ4v) is 2.96. The van der Waals surface area contributed by atoms with Crippen LogP contribution in [-0.4, -0.2) is 47.7 Å². The highest BCUT2D eigenvalue weighted by molar-refractivity contribution is 5.79. The van der Waals surface area contributed by atoms with E-state index in [0.29, 0.717) is 25.8 Å². The number of aliphatic hydroxyl groups excluding tert-OH is 1. The molecule has 3 atom stereocenters. The van der Waals surface area contributed by atoms with Crippen LogP contribution in [0.15, 0.2) is 24.3 Å². The van der Waals surface area contributed by atoms with Crippen molar-refractivity contribution in [2.75, 3.05) is 13.7 Å². The summed E-state index contributed by atoms with van der Waals surface area (Å²) in [5.41, 5.74) is 0. The Kier molecular flexibility index (Phi) is 12.0. The number of esters is 1. The van der Waals surface area contributed by atoms with Crippen molar-refractivity contribution in [3.63, 3.8) is 0 Å². The van der Waals surface area contributed by atoms with Crippen molar-refractivity contribution in [3.8, 4) is 11.8 Å². The minimum atomic E-state index is -0.553. The number of rotatable bonds is 11. The van der Waals surface area contributed by atoms with E-state index in [9.17, 15) is 14.7 Å². The zero-order chi connectivity index (χ0) is 20.8. The smallest absolute Gasteiger partial charge is 0.305 e. The van der Waals surface area contributed by atoms with E-state index in [2.05, 4.69) is 23.5 Å². The standard InChI is InChI=1S/C23H35NO4/c1-4-5-6-9-12-19(2)21(25)16-14-20-15-17-22(26)24(20)18-11-8-7-10-13-23(27)28-3/h8,11,14,16,19-21,25H,4-5,7,10,12-13,15,17-18H2,1-3H3/b11-8-,16-14+/t19?,20-,21?/m0/s1. The van der Waals surface area contributed by atoms with E-state index in [1.165, 1.54) is 7.11 Å². The molecule has 0 saturated carbocycles. The molecule has 1 N–H and O–H groups in total. The van der Waals surface area contributed by atoms with E-state index in [1.54, 1.807) is 0 Å². The first kappa shape index (κ1) is 24.0. The summed E-state index contributed by atoms with van der Waals surface area (Å²) in [6.07, 6.45) is 13.1. The molecule has 1 heterocycles. The number of allylic oxidation sites excluding steroid dienone is 1. The van der Waals surface area contributed by atoms with Gasteiger partial charge in [0.2, 0.25) is 5.91 Å². The molecule has 0 radical (unpaired) electrons. The molecule has 1 aliphatic rings. The molecule has 0 aromatic carbocycles. The summed E-state index contributed by atoms with van der Waals surface area (Å²) < 4.78 is 4.61. The van der Waals surface area contributed by atoms with Crippen molar-refractivity contribution in [3.05, 3.63) is 24.3 Å². The number of likely N-dealkylation sites (tertiary alicyclic amines) is 1. The third-order valence-corrected chi connectivity index (χ3v) is 4.86. The molecule has 1 rings (SSSR count). The van der Waals surface area contributed by atoms with Gasteiger partial charge in [-0.15, -0.1) is 11.8 Å². The van der Waals surface area contributed by atoms with Crippen molar-refractivity contribution in [1.82, 2.24) is 4.90 Å². The van der Waals surface area contributed by atoms with Gasteiger partial charge in [0.25, 0.3) is 0 Å². The van der Waals surface area contributed by atoms with Crippen molar-refractivity contribution >= 4 is 11.9 Å². The van der Waals surface area contributed by atoms with Crippen LogP contribution >= 0.6 is 0 Å². The predicted molar refractivity (Wildman–Crippen MR) is 111 cm³/mol. The molecule has 5 nitrogen and oxygen atoms in total. The Balaban J connectivity index is 2.44. The van der Waals surface area contributed by atoms with Gasteiger partial charge in [-0.25, -0.2) is 0 Å². The summed E-state index contributed by atoms with van der Waals surface area (Å²) in [4.78, 5) is 25.0. The maximum absolute atomic E-state index is 12.1. The summed E-state index contributed by atoms with van der Waals surface area (Å²) in [6.45, 7) is 4.65. The van der Waals surface area contributed by atoms with Crippen molar-refractivity contribution in [2.24, 2.45) is 5.92 Å². The maximum Gasteiger partial charge on any atom is 0.305 e. The minimum absolute atomic E-state index is 0.0280. The highest BCUT2D eigenvalue weighted by Crippen LogP contribution is 2.21. The van der Waals surface area contributed by atoms with Gasteiger partial charge in [0.05, 0.1) is 19.3 Å². The second kappa shape index (κ2) is 14.0. The van der Waals surface area contributed by atoms with Gasteiger partial charge < -0.3 is 14.7 Å². The minimum Gasteiger partial charge on any atom is -0.469 e. The second-order valence-electron chi connectivity index (χ2n) is 7.25. The van der Waals surface area contributed by atoms with Crippen LogP contribution in [-0.2, 0) is 14.3 Å². The lowest BCUT2D eigenvalue weighted by atomic mass is 10.00. The van der Waals surface area contributed by atoms with Crippen LogP contribution in [0.4, 0.5) is 0 Å². The molecule has 0 spiro atoms. The van der Waals surface area contributed by atoms with Crippen LogP contribution in [0.2, 0.25) is 0 Å². The first-order chi connectivity index (χ1) is 13.5. The van der Waals surface area contributed by atoms with Gasteiger partial charge in [0, 0.05) is 32.2 Å². The Hall–Kier alpha value is -2.06. The van der Waals surface area contributed by atoms with E-state index in [0.717, 1.165) is 32.1 Å². The van der Waals surface area contributed by atoms with Gasteiger partial charge in [-0.05, 0) is 31.6 Å². The first-order valence-corrected chi connectivity index (χ1v) is 10.3. The van der Waals surface area contributed by atoms with Crippen LogP contribution < -0.4 is 0 Å². The SMILES string of the molecule is CCCC#CCC(C)C(O)/C=C/[C@H]1CCC(=O)N1C/C=C\CCCC(=O)OC. The number of unbranched alkanes of at least 4 members (excludes halogenated alkanes) is 2. The topological polar surface area (TPSA) is 66.8 Å². The molecular weight excluding hydrogens is 354 g/mol. The Morgan fingerprint density at radius 2 is 2.18 bits per heavy atom. The normalized spacial score (nSPS) is 19.1. The zero-order valence-corrected chi connectivity index (χ0v) is 17.5. The number of methoxy groups -OCH3 is 1. The van der Waals surface area contributed by atoms with Crippen LogP contribution in [0.25, 0.3) is 0 Å². The Labute approximate surface area is 169 Å². The number of aliphatic hydroxyl groups is 1. The van der Waals surface area contributed by atoms with Crippen molar-refractivity contribution in [2.45, 2.75) is 77.4 Å². The van der Waals surface area contributed by atoms with Gasteiger partial charge >= 0.3 is 5.97 Å². The van der Waals surface area contributed by atoms with Gasteiger partial charge in [-0.2, -0.15) is 0 Å². The van der Waals surface area contributed by atoms with Crippen LogP contribution in [0.1, 0.15) is 65.2 Å². The average molecular weight is 390 g/mol. The number of hydrogen-bond donors (Lipinski definition) is 1. The Bertz CT molecular complexity index is 599.